The number of nitrogens with zero attached hydrogens (tertiary/aromatic N) is 4. The van der Waals surface area contributed by atoms with Gasteiger partial charge in [0.1, 0.15) is 36.2 Å². The molecular formula is C29H35N8O11S2+. The molecule has 2 amide bonds. The number of rotatable bonds is 15. The summed E-state index contributed by atoms with van der Waals surface area (Å²) in [5.74, 6) is -2.34. The van der Waals surface area contributed by atoms with E-state index in [1.807, 2.05) is 29.9 Å². The lowest BCUT2D eigenvalue weighted by Crippen LogP contribution is -2.76. The summed E-state index contributed by atoms with van der Waals surface area (Å²) in [7, 11) is -3.15. The minimum Gasteiger partial charge on any atom is -0.489 e. The number of hydrogen-bond acceptors (Lipinski definition) is 15. The molecule has 19 nitrogen and oxygen atoms in total. The van der Waals surface area contributed by atoms with E-state index in [2.05, 4.69) is 30.4 Å². The van der Waals surface area contributed by atoms with Gasteiger partial charge in [-0.2, -0.15) is 13.5 Å². The van der Waals surface area contributed by atoms with Crippen LogP contribution >= 0.6 is 11.3 Å². The second-order valence-corrected chi connectivity index (χ2v) is 14.0. The molecule has 3 aromatic rings. The van der Waals surface area contributed by atoms with Gasteiger partial charge in [-0.3, -0.25) is 19.5 Å². The topological polar surface area (TPSA) is 268 Å². The fourth-order valence-electron chi connectivity index (χ4n) is 4.95. The van der Waals surface area contributed by atoms with E-state index in [9.17, 15) is 33.0 Å². The Bertz CT molecular complexity index is 1910. The molecule has 0 bridgehead atoms. The molecular weight excluding hydrogens is 700 g/mol. The fourth-order valence-corrected chi connectivity index (χ4v) is 5.96. The molecule has 4 heterocycles. The predicted octanol–water partition coefficient (Wildman–Crippen LogP) is -0.944. The zero-order valence-electron chi connectivity index (χ0n) is 26.9. The molecule has 2 atom stereocenters. The average Bonchev–Trinajstić information content (AvgIpc) is 3.47. The first-order valence-corrected chi connectivity index (χ1v) is 17.1. The van der Waals surface area contributed by atoms with Gasteiger partial charge in [0.15, 0.2) is 10.8 Å². The Labute approximate surface area is 289 Å². The summed E-state index contributed by atoms with van der Waals surface area (Å²) < 4.78 is 43.0. The van der Waals surface area contributed by atoms with Crippen molar-refractivity contribution >= 4 is 56.2 Å². The van der Waals surface area contributed by atoms with Gasteiger partial charge in [0.05, 0.1) is 18.8 Å². The molecule has 2 aliphatic rings. The highest BCUT2D eigenvalue weighted by Crippen LogP contribution is 2.33. The number of carbonyl (C=O) groups excluding carboxylic acids is 2. The maximum Gasteiger partial charge on any atom is 0.418 e. The number of aryl methyl sites for hydroxylation is 1. The number of β-amino-alcohol motifs (C(OH)–C–C–N with tert-alkyl or cyclic N) is 1. The summed E-state index contributed by atoms with van der Waals surface area (Å²) in [5, 5.41) is 34.2. The number of nitrogens with one attached hydrogen (secondary N) is 3. The minimum absolute atomic E-state index is 0.0533. The molecule has 5 rings (SSSR count). The highest BCUT2D eigenvalue weighted by molar-refractivity contribution is 7.80. The van der Waals surface area contributed by atoms with Crippen molar-refractivity contribution in [1.29, 1.82) is 0 Å². The Hall–Kier alpha value is -4.93. The number of aliphatic carboxylic acids is 1. The number of nitrogen functional groups attached to an aromatic ring is 1. The molecule has 50 heavy (non-hydrogen) atoms. The van der Waals surface area contributed by atoms with E-state index in [4.69, 9.17) is 19.9 Å². The van der Waals surface area contributed by atoms with Crippen LogP contribution in [0.25, 0.3) is 11.1 Å². The monoisotopic (exact) mass is 735 g/mol. The lowest BCUT2D eigenvalue weighted by atomic mass is 9.84. The van der Waals surface area contributed by atoms with Gasteiger partial charge in [-0.05, 0) is 37.6 Å². The van der Waals surface area contributed by atoms with E-state index in [0.717, 1.165) is 28.3 Å². The van der Waals surface area contributed by atoms with Crippen molar-refractivity contribution in [3.63, 3.8) is 0 Å². The number of carboxylic acids is 1. The SMILES string of the molecule is C[n+]1cc(-c2ccc(OC[C@H](O/N=C(\C(=O)NC3C(=O)N(OS(=O)(=O)O)C3(C)C)c3csc(N)n3)C(=O)O)cc2)ccc1NCC1(O)CNC1. The van der Waals surface area contributed by atoms with Gasteiger partial charge >= 0.3 is 16.4 Å². The molecule has 2 aromatic heterocycles. The quantitative estimate of drug-likeness (QED) is 0.0326. The van der Waals surface area contributed by atoms with E-state index < -0.39 is 63.8 Å². The number of thiazole rings is 1. The first-order valence-electron chi connectivity index (χ1n) is 14.9. The Morgan fingerprint density at radius 3 is 2.44 bits per heavy atom. The molecule has 2 saturated heterocycles. The maximum absolute atomic E-state index is 13.2. The van der Waals surface area contributed by atoms with Gasteiger partial charge in [0, 0.05) is 30.1 Å². The lowest BCUT2D eigenvalue weighted by molar-refractivity contribution is -0.656. The number of aliphatic hydroxyl groups is 1. The van der Waals surface area contributed by atoms with Gasteiger partial charge in [-0.25, -0.2) is 14.3 Å². The molecule has 2 fully saturated rings. The predicted molar refractivity (Wildman–Crippen MR) is 176 cm³/mol. The van der Waals surface area contributed by atoms with Crippen molar-refractivity contribution in [3.05, 3.63) is 53.7 Å². The first kappa shape index (κ1) is 36.4. The van der Waals surface area contributed by atoms with Crippen molar-refractivity contribution in [2.75, 3.05) is 37.3 Å². The van der Waals surface area contributed by atoms with Crippen molar-refractivity contribution in [1.82, 2.24) is 20.7 Å². The molecule has 1 unspecified atom stereocenters. The molecule has 21 heteroatoms. The Morgan fingerprint density at radius 2 is 1.90 bits per heavy atom. The lowest BCUT2D eigenvalue weighted by Gasteiger charge is -2.50. The maximum atomic E-state index is 13.2. The molecule has 0 aliphatic carbocycles. The van der Waals surface area contributed by atoms with E-state index in [1.165, 1.54) is 19.2 Å². The highest BCUT2D eigenvalue weighted by atomic mass is 32.3. The molecule has 1 aromatic carbocycles. The Balaban J connectivity index is 1.22. The van der Waals surface area contributed by atoms with Gasteiger partial charge in [0.2, 0.25) is 0 Å². The second kappa shape index (κ2) is 14.1. The smallest absolute Gasteiger partial charge is 0.418 e. The number of hydroxylamine groups is 2. The fraction of sp³-hybridized carbons (Fsp3) is 0.379. The molecule has 2 aliphatic heterocycles. The Kier molecular flexibility index (Phi) is 10.3. The van der Waals surface area contributed by atoms with Crippen LogP contribution in [0, 0.1) is 0 Å². The summed E-state index contributed by atoms with van der Waals surface area (Å²) >= 11 is 0.955. The number of aromatic nitrogens is 2. The zero-order chi connectivity index (χ0) is 36.4. The van der Waals surface area contributed by atoms with E-state index >= 15 is 0 Å². The van der Waals surface area contributed by atoms with Crippen LogP contribution in [-0.2, 0) is 41.0 Å². The first-order chi connectivity index (χ1) is 23.5. The summed E-state index contributed by atoms with van der Waals surface area (Å²) in [6.45, 7) is 3.69. The number of ether oxygens (including phenoxy) is 1. The van der Waals surface area contributed by atoms with Crippen LogP contribution in [0.5, 0.6) is 5.75 Å². The second-order valence-electron chi connectivity index (χ2n) is 12.1. The third-order valence-electron chi connectivity index (χ3n) is 7.88. The Morgan fingerprint density at radius 1 is 1.22 bits per heavy atom. The van der Waals surface area contributed by atoms with Crippen molar-refractivity contribution in [3.8, 4) is 16.9 Å². The largest absolute Gasteiger partial charge is 0.489 e. The number of nitrogens with two attached hydrogens (primary N) is 1. The van der Waals surface area contributed by atoms with Crippen molar-refractivity contribution in [2.45, 2.75) is 37.1 Å². The van der Waals surface area contributed by atoms with Crippen LogP contribution in [0.3, 0.4) is 0 Å². The molecule has 0 saturated carbocycles. The third kappa shape index (κ3) is 8.26. The molecule has 0 spiro atoms. The molecule has 8 N–H and O–H groups in total. The van der Waals surface area contributed by atoms with Crippen LogP contribution in [-0.4, -0.2) is 106 Å². The van der Waals surface area contributed by atoms with Crippen LogP contribution in [0.15, 0.2) is 53.1 Å². The number of carbonyl (C=O) groups is 3. The van der Waals surface area contributed by atoms with Crippen LogP contribution < -0.4 is 31.0 Å². The minimum atomic E-state index is -5.02. The van der Waals surface area contributed by atoms with Crippen LogP contribution in [0.1, 0.15) is 19.5 Å². The van der Waals surface area contributed by atoms with Gasteiger partial charge < -0.3 is 36.2 Å². The van der Waals surface area contributed by atoms with E-state index in [1.54, 1.807) is 24.3 Å². The normalized spacial score (nSPS) is 18.7. The molecule has 0 radical (unpaired) electrons. The van der Waals surface area contributed by atoms with Crippen LogP contribution in [0.4, 0.5) is 10.9 Å². The summed E-state index contributed by atoms with van der Waals surface area (Å²) in [5.41, 5.74) is 4.64. The number of hydrogen-bond donors (Lipinski definition) is 7. The van der Waals surface area contributed by atoms with Crippen molar-refractivity contribution < 1.29 is 56.0 Å². The number of benzene rings is 1. The number of carboxylic acid groups (broad SMARTS) is 1. The number of oxime groups is 1. The van der Waals surface area contributed by atoms with Crippen LogP contribution in [0.2, 0.25) is 0 Å². The average molecular weight is 736 g/mol. The zero-order valence-corrected chi connectivity index (χ0v) is 28.5. The van der Waals surface area contributed by atoms with Crippen molar-refractivity contribution in [2.24, 2.45) is 12.2 Å². The summed E-state index contributed by atoms with van der Waals surface area (Å²) in [4.78, 5) is 47.0. The standard InChI is InChI=1S/C29H34N8O11S2/c1-28(2)23(25(39)37(28)48-50(43,44)45)34-24(38)22(19-12-49-27(30)33-19)35-47-20(26(40)41)11-46-18-7-4-16(5-8-18)17-6-9-21(36(3)10-17)32-15-29(42)13-31-14-29/h4-10,12,20,23,31,42H,11,13-15H2,1-3H3,(H5,30,33,34,38,40,41,43,44,45)/p+1/b35-22-/t20-,23?/m0/s1. The molecule has 268 valence electrons. The number of pyridine rings is 1. The summed E-state index contributed by atoms with van der Waals surface area (Å²) in [6.07, 6.45) is 0.226. The number of amides is 2. The third-order valence-corrected chi connectivity index (χ3v) is 8.89. The van der Waals surface area contributed by atoms with E-state index in [-0.39, 0.29) is 10.8 Å². The van der Waals surface area contributed by atoms with Gasteiger partial charge in [-0.15, -0.1) is 15.6 Å². The number of anilines is 2. The van der Waals surface area contributed by atoms with Gasteiger partial charge in [0.25, 0.3) is 23.7 Å². The number of β-lactam (4-membered cyclic amide) rings is 1. The highest BCUT2D eigenvalue weighted by Gasteiger charge is 2.58. The van der Waals surface area contributed by atoms with Gasteiger partial charge in [-0.1, -0.05) is 17.3 Å². The summed E-state index contributed by atoms with van der Waals surface area (Å²) in [6, 6.07) is 9.35. The van der Waals surface area contributed by atoms with E-state index in [0.29, 0.717) is 30.4 Å².